The van der Waals surface area contributed by atoms with Crippen molar-refractivity contribution in [3.8, 4) is 0 Å². The predicted octanol–water partition coefficient (Wildman–Crippen LogP) is 4.86. The number of nitrogens with zero attached hydrogens (tertiary/aromatic N) is 2. The summed E-state index contributed by atoms with van der Waals surface area (Å²) in [5.41, 5.74) is 2.45. The van der Waals surface area contributed by atoms with Gasteiger partial charge in [0.25, 0.3) is 0 Å². The maximum absolute atomic E-state index is 13.3. The first kappa shape index (κ1) is 15.9. The van der Waals surface area contributed by atoms with Crippen LogP contribution < -0.4 is 10.6 Å². The second-order valence-corrected chi connectivity index (χ2v) is 5.43. The molecule has 24 heavy (non-hydrogen) atoms. The molecule has 0 saturated heterocycles. The number of hydrogen-bond acceptors (Lipinski definition) is 4. The number of benzene rings is 2. The molecule has 3 aromatic rings. The number of hydrogen-bond donors (Lipinski definition) is 2. The van der Waals surface area contributed by atoms with Crippen LogP contribution in [-0.4, -0.2) is 9.97 Å². The molecule has 0 amide bonds. The lowest BCUT2D eigenvalue weighted by molar-refractivity contribution is 0.509. The molecule has 0 aliphatic heterocycles. The van der Waals surface area contributed by atoms with Crippen LogP contribution in [0.25, 0.3) is 0 Å². The van der Waals surface area contributed by atoms with Crippen LogP contribution in [0.4, 0.5) is 31.8 Å². The van der Waals surface area contributed by atoms with Crippen LogP contribution in [-0.2, 0) is 0 Å². The third kappa shape index (κ3) is 3.84. The Morgan fingerprint density at radius 3 is 2.04 bits per heavy atom. The predicted molar refractivity (Wildman–Crippen MR) is 90.9 cm³/mol. The number of aryl methyl sites for hydroxylation is 2. The molecule has 1 heterocycles. The smallest absolute Gasteiger partial charge is 0.160 e. The quantitative estimate of drug-likeness (QED) is 0.719. The number of halogens is 2. The summed E-state index contributed by atoms with van der Waals surface area (Å²) in [4.78, 5) is 8.60. The maximum atomic E-state index is 13.3. The Morgan fingerprint density at radius 1 is 0.750 bits per heavy atom. The summed E-state index contributed by atoms with van der Waals surface area (Å²) >= 11 is 0. The van der Waals surface area contributed by atoms with Gasteiger partial charge in [0.15, 0.2) is 11.6 Å². The zero-order chi connectivity index (χ0) is 17.1. The van der Waals surface area contributed by atoms with E-state index in [9.17, 15) is 8.78 Å². The fourth-order valence-electron chi connectivity index (χ4n) is 2.29. The number of rotatable bonds is 4. The van der Waals surface area contributed by atoms with Gasteiger partial charge in [0, 0.05) is 23.5 Å². The van der Waals surface area contributed by atoms with E-state index in [0.717, 1.165) is 23.4 Å². The second kappa shape index (κ2) is 6.62. The molecule has 0 saturated carbocycles. The molecule has 6 heteroatoms. The van der Waals surface area contributed by atoms with Crippen molar-refractivity contribution < 1.29 is 8.78 Å². The largest absolute Gasteiger partial charge is 0.340 e. The summed E-state index contributed by atoms with van der Waals surface area (Å²) in [5, 5.41) is 6.16. The molecule has 1 aromatic heterocycles. The Bertz CT molecular complexity index is 881. The number of aromatic nitrogens is 2. The minimum Gasteiger partial charge on any atom is -0.340 e. The summed E-state index contributed by atoms with van der Waals surface area (Å²) in [5.74, 6) is -0.148. The Hall–Kier alpha value is -3.02. The highest BCUT2D eigenvalue weighted by atomic mass is 19.2. The molecule has 4 nitrogen and oxygen atoms in total. The minimum atomic E-state index is -0.913. The molecule has 2 N–H and O–H groups in total. The van der Waals surface area contributed by atoms with Crippen molar-refractivity contribution in [1.29, 1.82) is 0 Å². The van der Waals surface area contributed by atoms with Gasteiger partial charge in [-0.25, -0.2) is 18.7 Å². The highest BCUT2D eigenvalue weighted by Crippen LogP contribution is 2.22. The molecule has 122 valence electrons. The zero-order valence-corrected chi connectivity index (χ0v) is 13.3. The molecular weight excluding hydrogens is 310 g/mol. The van der Waals surface area contributed by atoms with Crippen molar-refractivity contribution in [2.45, 2.75) is 13.8 Å². The van der Waals surface area contributed by atoms with Crippen molar-refractivity contribution in [3.05, 3.63) is 71.6 Å². The van der Waals surface area contributed by atoms with Gasteiger partial charge in [-0.15, -0.1) is 0 Å². The third-order valence-electron chi connectivity index (χ3n) is 3.32. The molecule has 0 bridgehead atoms. The fourth-order valence-corrected chi connectivity index (χ4v) is 2.29. The first-order valence-corrected chi connectivity index (χ1v) is 7.41. The van der Waals surface area contributed by atoms with E-state index in [4.69, 9.17) is 0 Å². The van der Waals surface area contributed by atoms with Gasteiger partial charge in [-0.3, -0.25) is 0 Å². The number of nitrogens with one attached hydrogen (secondary N) is 2. The van der Waals surface area contributed by atoms with Crippen LogP contribution in [0.3, 0.4) is 0 Å². The van der Waals surface area contributed by atoms with Gasteiger partial charge in [-0.1, -0.05) is 12.1 Å². The van der Waals surface area contributed by atoms with Gasteiger partial charge in [-0.2, -0.15) is 0 Å². The Labute approximate surface area is 138 Å². The second-order valence-electron chi connectivity index (χ2n) is 5.43. The molecule has 0 unspecified atom stereocenters. The van der Waals surface area contributed by atoms with Crippen molar-refractivity contribution >= 4 is 23.0 Å². The minimum absolute atomic E-state index is 0.411. The van der Waals surface area contributed by atoms with E-state index in [1.54, 1.807) is 13.0 Å². The van der Waals surface area contributed by atoms with E-state index in [1.807, 2.05) is 31.2 Å². The fraction of sp³-hybridized carbons (Fsp3) is 0.111. The highest BCUT2D eigenvalue weighted by molar-refractivity contribution is 5.63. The van der Waals surface area contributed by atoms with E-state index < -0.39 is 11.6 Å². The molecule has 2 aromatic carbocycles. The van der Waals surface area contributed by atoms with Crippen molar-refractivity contribution in [2.24, 2.45) is 0 Å². The lowest BCUT2D eigenvalue weighted by atomic mass is 10.2. The summed E-state index contributed by atoms with van der Waals surface area (Å²) < 4.78 is 26.3. The van der Waals surface area contributed by atoms with E-state index in [2.05, 4.69) is 20.6 Å². The van der Waals surface area contributed by atoms with Crippen LogP contribution in [0, 0.1) is 25.5 Å². The average molecular weight is 326 g/mol. The van der Waals surface area contributed by atoms with Crippen LogP contribution in [0.2, 0.25) is 0 Å². The first-order chi connectivity index (χ1) is 11.5. The molecule has 0 aliphatic rings. The third-order valence-corrected chi connectivity index (χ3v) is 3.32. The van der Waals surface area contributed by atoms with E-state index in [0.29, 0.717) is 23.1 Å². The standard InChI is InChI=1S/C18H16F2N4/c1-11-4-3-5-13(8-11)23-17-10-18(22-12(2)21-17)24-14-6-7-15(19)16(20)9-14/h3-10H,1-2H3,(H2,21,22,23,24). The summed E-state index contributed by atoms with van der Waals surface area (Å²) in [6, 6.07) is 13.2. The van der Waals surface area contributed by atoms with E-state index >= 15 is 0 Å². The maximum Gasteiger partial charge on any atom is 0.160 e. The molecular formula is C18H16F2N4. The number of anilines is 4. The Balaban J connectivity index is 1.84. The zero-order valence-electron chi connectivity index (χ0n) is 13.3. The van der Waals surface area contributed by atoms with Gasteiger partial charge in [-0.05, 0) is 43.7 Å². The molecule has 0 atom stereocenters. The van der Waals surface area contributed by atoms with Gasteiger partial charge in [0.05, 0.1) is 0 Å². The topological polar surface area (TPSA) is 49.8 Å². The molecule has 0 radical (unpaired) electrons. The van der Waals surface area contributed by atoms with Gasteiger partial charge in [0.2, 0.25) is 0 Å². The Morgan fingerprint density at radius 2 is 1.42 bits per heavy atom. The molecule has 0 aliphatic carbocycles. The molecule has 0 fully saturated rings. The van der Waals surface area contributed by atoms with Gasteiger partial charge >= 0.3 is 0 Å². The molecule has 0 spiro atoms. The van der Waals surface area contributed by atoms with E-state index in [1.165, 1.54) is 6.07 Å². The van der Waals surface area contributed by atoms with Crippen LogP contribution >= 0.6 is 0 Å². The first-order valence-electron chi connectivity index (χ1n) is 7.41. The van der Waals surface area contributed by atoms with Gasteiger partial charge in [0.1, 0.15) is 17.5 Å². The van der Waals surface area contributed by atoms with Crippen molar-refractivity contribution in [2.75, 3.05) is 10.6 Å². The Kier molecular flexibility index (Phi) is 4.37. The normalized spacial score (nSPS) is 10.5. The lowest BCUT2D eigenvalue weighted by Crippen LogP contribution is -2.02. The monoisotopic (exact) mass is 326 g/mol. The van der Waals surface area contributed by atoms with E-state index in [-0.39, 0.29) is 0 Å². The van der Waals surface area contributed by atoms with Crippen LogP contribution in [0.15, 0.2) is 48.5 Å². The van der Waals surface area contributed by atoms with Crippen LogP contribution in [0.1, 0.15) is 11.4 Å². The van der Waals surface area contributed by atoms with Crippen LogP contribution in [0.5, 0.6) is 0 Å². The molecule has 3 rings (SSSR count). The summed E-state index contributed by atoms with van der Waals surface area (Å²) in [6.45, 7) is 3.77. The highest BCUT2D eigenvalue weighted by Gasteiger charge is 2.06. The van der Waals surface area contributed by atoms with Crippen molar-refractivity contribution in [1.82, 2.24) is 9.97 Å². The average Bonchev–Trinajstić information content (AvgIpc) is 2.50. The van der Waals surface area contributed by atoms with Crippen molar-refractivity contribution in [3.63, 3.8) is 0 Å². The summed E-state index contributed by atoms with van der Waals surface area (Å²) in [7, 11) is 0. The lowest BCUT2D eigenvalue weighted by Gasteiger charge is -2.11. The van der Waals surface area contributed by atoms with Gasteiger partial charge < -0.3 is 10.6 Å². The summed E-state index contributed by atoms with van der Waals surface area (Å²) in [6.07, 6.45) is 0. The SMILES string of the molecule is Cc1cccc(Nc2cc(Nc3ccc(F)c(F)c3)nc(C)n2)c1.